The topological polar surface area (TPSA) is 83.8 Å². The fraction of sp³-hybridized carbons (Fsp3) is 0.333. The summed E-state index contributed by atoms with van der Waals surface area (Å²) in [4.78, 5) is 12.3. The van der Waals surface area contributed by atoms with Crippen molar-refractivity contribution >= 4 is 23.2 Å². The highest BCUT2D eigenvalue weighted by atomic mass is 35.5. The predicted octanol–water partition coefficient (Wildman–Crippen LogP) is 3.09. The maximum absolute atomic E-state index is 12.3. The van der Waals surface area contributed by atoms with Gasteiger partial charge in [-0.25, -0.2) is 0 Å². The Morgan fingerprint density at radius 1 is 1.48 bits per heavy atom. The predicted molar refractivity (Wildman–Crippen MR) is 84.3 cm³/mol. The molecule has 1 aromatic heterocycles. The second-order valence-electron chi connectivity index (χ2n) is 4.93. The number of nitrogens with zero attached hydrogens (tertiary/aromatic N) is 1. The van der Waals surface area contributed by atoms with Gasteiger partial charge in [0.15, 0.2) is 5.69 Å². The van der Waals surface area contributed by atoms with Gasteiger partial charge in [0.05, 0.1) is 17.4 Å². The molecule has 6 heteroatoms. The van der Waals surface area contributed by atoms with Crippen LogP contribution in [0.5, 0.6) is 0 Å². The molecule has 2 rings (SSSR count). The van der Waals surface area contributed by atoms with E-state index in [1.165, 1.54) is 0 Å². The Morgan fingerprint density at radius 3 is 2.86 bits per heavy atom. The molecule has 0 aliphatic heterocycles. The van der Waals surface area contributed by atoms with Gasteiger partial charge in [-0.15, -0.1) is 0 Å². The lowest BCUT2D eigenvalue weighted by atomic mass is 10.1. The number of hydrogen-bond acceptors (Lipinski definition) is 3. The summed E-state index contributed by atoms with van der Waals surface area (Å²) in [7, 11) is 0. The minimum atomic E-state index is -0.307. The van der Waals surface area contributed by atoms with Gasteiger partial charge in [-0.2, -0.15) is 5.10 Å². The maximum Gasteiger partial charge on any atom is 0.274 e. The van der Waals surface area contributed by atoms with E-state index in [0.717, 1.165) is 24.1 Å². The number of nitrogens with two attached hydrogens (primary N) is 1. The first kappa shape index (κ1) is 15.4. The van der Waals surface area contributed by atoms with Crippen molar-refractivity contribution in [2.45, 2.75) is 32.7 Å². The molecule has 0 saturated carbocycles. The lowest BCUT2D eigenvalue weighted by Gasteiger charge is -2.15. The lowest BCUT2D eigenvalue weighted by molar-refractivity contribution is 0.0935. The van der Waals surface area contributed by atoms with E-state index in [1.807, 2.05) is 32.0 Å². The van der Waals surface area contributed by atoms with Crippen molar-refractivity contribution in [3.63, 3.8) is 0 Å². The number of aryl methyl sites for hydroxylation is 1. The minimum Gasteiger partial charge on any atom is -0.395 e. The number of aromatic nitrogens is 2. The van der Waals surface area contributed by atoms with Gasteiger partial charge in [-0.05, 0) is 25.0 Å². The zero-order valence-electron chi connectivity index (χ0n) is 12.1. The molecule has 0 aliphatic carbocycles. The number of anilines is 1. The number of carbonyl (C=O) groups excluding carboxylic acids is 1. The van der Waals surface area contributed by atoms with E-state index in [9.17, 15) is 4.79 Å². The first-order valence-corrected chi connectivity index (χ1v) is 7.30. The third-order valence-electron chi connectivity index (χ3n) is 3.32. The van der Waals surface area contributed by atoms with Crippen molar-refractivity contribution in [1.29, 1.82) is 0 Å². The van der Waals surface area contributed by atoms with Gasteiger partial charge in [0.25, 0.3) is 5.91 Å². The quantitative estimate of drug-likeness (QED) is 0.793. The SMILES string of the molecule is CCCc1[nH]nc(C(=O)NC(C)c2ccccc2Cl)c1N. The van der Waals surface area contributed by atoms with E-state index in [-0.39, 0.29) is 17.6 Å². The maximum atomic E-state index is 12.3. The van der Waals surface area contributed by atoms with Crippen LogP contribution in [0.4, 0.5) is 5.69 Å². The molecular formula is C15H19ClN4O. The molecule has 1 amide bonds. The summed E-state index contributed by atoms with van der Waals surface area (Å²) < 4.78 is 0. The highest BCUT2D eigenvalue weighted by Crippen LogP contribution is 2.23. The summed E-state index contributed by atoms with van der Waals surface area (Å²) in [6, 6.07) is 7.18. The summed E-state index contributed by atoms with van der Waals surface area (Å²) in [6.07, 6.45) is 1.70. The van der Waals surface area contributed by atoms with Gasteiger partial charge in [-0.1, -0.05) is 43.1 Å². The fourth-order valence-electron chi connectivity index (χ4n) is 2.17. The zero-order chi connectivity index (χ0) is 15.4. The largest absolute Gasteiger partial charge is 0.395 e. The molecule has 0 saturated heterocycles. The van der Waals surface area contributed by atoms with Crippen molar-refractivity contribution in [3.05, 3.63) is 46.2 Å². The average molecular weight is 307 g/mol. The Morgan fingerprint density at radius 2 is 2.19 bits per heavy atom. The van der Waals surface area contributed by atoms with Gasteiger partial charge < -0.3 is 11.1 Å². The van der Waals surface area contributed by atoms with Crippen LogP contribution in [0.1, 0.15) is 48.1 Å². The Balaban J connectivity index is 2.13. The first-order valence-electron chi connectivity index (χ1n) is 6.92. The van der Waals surface area contributed by atoms with E-state index in [0.29, 0.717) is 10.7 Å². The van der Waals surface area contributed by atoms with Gasteiger partial charge in [0, 0.05) is 5.02 Å². The number of benzene rings is 1. The number of nitrogens with one attached hydrogen (secondary N) is 2. The molecule has 2 aromatic rings. The van der Waals surface area contributed by atoms with Gasteiger partial charge in [0.1, 0.15) is 0 Å². The summed E-state index contributed by atoms with van der Waals surface area (Å²) in [6.45, 7) is 3.91. The number of H-pyrrole nitrogens is 1. The molecule has 1 atom stereocenters. The Hall–Kier alpha value is -2.01. The highest BCUT2D eigenvalue weighted by Gasteiger charge is 2.19. The molecule has 112 valence electrons. The first-order chi connectivity index (χ1) is 10.0. The second-order valence-corrected chi connectivity index (χ2v) is 5.34. The number of hydrogen-bond donors (Lipinski definition) is 3. The molecule has 1 aromatic carbocycles. The number of aromatic amines is 1. The smallest absolute Gasteiger partial charge is 0.274 e. The van der Waals surface area contributed by atoms with Crippen LogP contribution < -0.4 is 11.1 Å². The van der Waals surface area contributed by atoms with E-state index in [1.54, 1.807) is 6.07 Å². The van der Waals surface area contributed by atoms with Gasteiger partial charge in [-0.3, -0.25) is 9.89 Å². The molecule has 0 radical (unpaired) electrons. The monoisotopic (exact) mass is 306 g/mol. The van der Waals surface area contributed by atoms with Crippen LogP contribution in [0.15, 0.2) is 24.3 Å². The molecule has 0 bridgehead atoms. The van der Waals surface area contributed by atoms with Crippen LogP contribution in [0.3, 0.4) is 0 Å². The van der Waals surface area contributed by atoms with Crippen LogP contribution in [0, 0.1) is 0 Å². The highest BCUT2D eigenvalue weighted by molar-refractivity contribution is 6.31. The standard InChI is InChI=1S/C15H19ClN4O/c1-3-6-12-13(17)14(20-19-12)15(21)18-9(2)10-7-4-5-8-11(10)16/h4-5,7-9H,3,6,17H2,1-2H3,(H,18,21)(H,19,20). The minimum absolute atomic E-state index is 0.225. The number of nitrogen functional groups attached to an aromatic ring is 1. The van der Waals surface area contributed by atoms with Crippen molar-refractivity contribution in [2.75, 3.05) is 5.73 Å². The van der Waals surface area contributed by atoms with Crippen LogP contribution >= 0.6 is 11.6 Å². The van der Waals surface area contributed by atoms with Crippen molar-refractivity contribution in [1.82, 2.24) is 15.5 Å². The third-order valence-corrected chi connectivity index (χ3v) is 3.66. The number of amides is 1. The average Bonchev–Trinajstić information content (AvgIpc) is 2.81. The molecule has 0 fully saturated rings. The molecule has 0 spiro atoms. The molecular weight excluding hydrogens is 288 g/mol. The van der Waals surface area contributed by atoms with E-state index in [2.05, 4.69) is 15.5 Å². The molecule has 5 nitrogen and oxygen atoms in total. The Bertz CT molecular complexity index is 638. The van der Waals surface area contributed by atoms with Gasteiger partial charge in [0.2, 0.25) is 0 Å². The fourth-order valence-corrected chi connectivity index (χ4v) is 2.47. The van der Waals surface area contributed by atoms with Crippen molar-refractivity contribution < 1.29 is 4.79 Å². The summed E-state index contributed by atoms with van der Waals surface area (Å²) in [5.41, 5.74) is 8.26. The van der Waals surface area contributed by atoms with Crippen molar-refractivity contribution in [3.8, 4) is 0 Å². The van der Waals surface area contributed by atoms with Crippen LogP contribution in [0.25, 0.3) is 0 Å². The van der Waals surface area contributed by atoms with Gasteiger partial charge >= 0.3 is 0 Å². The normalized spacial score (nSPS) is 12.1. The molecule has 1 unspecified atom stereocenters. The Labute approximate surface area is 128 Å². The molecule has 4 N–H and O–H groups in total. The van der Waals surface area contributed by atoms with Crippen LogP contribution in [-0.4, -0.2) is 16.1 Å². The summed E-state index contributed by atoms with van der Waals surface area (Å²) in [5, 5.41) is 10.3. The number of halogens is 1. The number of rotatable bonds is 5. The van der Waals surface area contributed by atoms with Crippen LogP contribution in [-0.2, 0) is 6.42 Å². The van der Waals surface area contributed by atoms with E-state index < -0.39 is 0 Å². The molecule has 0 aliphatic rings. The summed E-state index contributed by atoms with van der Waals surface area (Å²) in [5.74, 6) is -0.307. The van der Waals surface area contributed by atoms with E-state index in [4.69, 9.17) is 17.3 Å². The second kappa shape index (κ2) is 6.63. The molecule has 1 heterocycles. The van der Waals surface area contributed by atoms with Crippen LogP contribution in [0.2, 0.25) is 5.02 Å². The third kappa shape index (κ3) is 3.36. The number of carbonyl (C=O) groups is 1. The lowest BCUT2D eigenvalue weighted by Crippen LogP contribution is -2.27. The Kier molecular flexibility index (Phi) is 4.85. The summed E-state index contributed by atoms with van der Waals surface area (Å²) >= 11 is 6.13. The van der Waals surface area contributed by atoms with E-state index >= 15 is 0 Å². The van der Waals surface area contributed by atoms with Crippen molar-refractivity contribution in [2.24, 2.45) is 0 Å². The zero-order valence-corrected chi connectivity index (χ0v) is 12.9. The molecule has 21 heavy (non-hydrogen) atoms.